The van der Waals surface area contributed by atoms with Crippen LogP contribution in [0.5, 0.6) is 0 Å². The van der Waals surface area contributed by atoms with Gasteiger partial charge in [-0.15, -0.1) is 5.10 Å². The second-order valence-electron chi connectivity index (χ2n) is 10.2. The fraction of sp³-hybridized carbons (Fsp3) is 0.577. The number of hydrogen-bond acceptors (Lipinski definition) is 5. The second kappa shape index (κ2) is 9.41. The maximum absolute atomic E-state index is 13.0. The normalized spacial score (nSPS) is 20.3. The summed E-state index contributed by atoms with van der Waals surface area (Å²) in [5, 5.41) is 6.84. The molecule has 0 unspecified atom stereocenters. The Morgan fingerprint density at radius 3 is 2.50 bits per heavy atom. The highest BCUT2D eigenvalue weighted by atomic mass is 16.2. The number of nitrogens with zero attached hydrogens (tertiary/aromatic N) is 5. The Labute approximate surface area is 201 Å². The Hall–Kier alpha value is -2.87. The van der Waals surface area contributed by atoms with E-state index in [0.29, 0.717) is 5.82 Å². The zero-order valence-corrected chi connectivity index (χ0v) is 20.4. The number of anilines is 2. The summed E-state index contributed by atoms with van der Waals surface area (Å²) >= 11 is 0. The minimum Gasteiger partial charge on any atom is -0.371 e. The number of hydrogen-bond donors (Lipinski definition) is 1. The van der Waals surface area contributed by atoms with E-state index >= 15 is 0 Å². The molecule has 8 heteroatoms. The molecule has 0 saturated carbocycles. The van der Waals surface area contributed by atoms with Crippen molar-refractivity contribution in [3.05, 3.63) is 41.6 Å². The molecule has 3 saturated heterocycles. The van der Waals surface area contributed by atoms with Gasteiger partial charge in [0.2, 0.25) is 5.91 Å². The van der Waals surface area contributed by atoms with Gasteiger partial charge in [-0.3, -0.25) is 9.69 Å². The number of benzene rings is 1. The molecule has 5 rings (SSSR count). The summed E-state index contributed by atoms with van der Waals surface area (Å²) in [5.41, 5.74) is 4.35. The summed E-state index contributed by atoms with van der Waals surface area (Å²) in [5.74, 6) is 0.211. The molecule has 2 aromatic rings. The van der Waals surface area contributed by atoms with Gasteiger partial charge in [-0.05, 0) is 69.2 Å². The minimum atomic E-state index is -0.194. The predicted octanol–water partition coefficient (Wildman–Crippen LogP) is 3.85. The van der Waals surface area contributed by atoms with Crippen LogP contribution in [0.3, 0.4) is 0 Å². The van der Waals surface area contributed by atoms with Gasteiger partial charge in [0.15, 0.2) is 5.82 Å². The van der Waals surface area contributed by atoms with Gasteiger partial charge in [-0.1, -0.05) is 12.1 Å². The third kappa shape index (κ3) is 4.56. The number of aromatic nitrogens is 2. The Balaban J connectivity index is 1.23. The lowest BCUT2D eigenvalue weighted by Crippen LogP contribution is -2.53. The van der Waals surface area contributed by atoms with Crippen LogP contribution in [0.1, 0.15) is 56.6 Å². The van der Waals surface area contributed by atoms with Gasteiger partial charge in [-0.2, -0.15) is 4.68 Å². The van der Waals surface area contributed by atoms with E-state index in [1.54, 1.807) is 12.3 Å². The Bertz CT molecular complexity index is 1050. The third-order valence-corrected chi connectivity index (χ3v) is 7.89. The molecular formula is C26H36N6O2. The molecule has 0 atom stereocenters. The lowest BCUT2D eigenvalue weighted by molar-refractivity contribution is -0.114. The molecule has 2 amide bonds. The summed E-state index contributed by atoms with van der Waals surface area (Å²) in [4.78, 5) is 31.3. The molecule has 1 N–H and O–H groups in total. The quantitative estimate of drug-likeness (QED) is 0.744. The maximum Gasteiger partial charge on any atom is 0.344 e. The summed E-state index contributed by atoms with van der Waals surface area (Å²) in [6.45, 7) is 9.57. The Morgan fingerprint density at radius 1 is 1.00 bits per heavy atom. The number of carbonyl (C=O) groups is 2. The first-order valence-corrected chi connectivity index (χ1v) is 12.7. The van der Waals surface area contributed by atoms with Crippen LogP contribution in [0.4, 0.5) is 16.3 Å². The van der Waals surface area contributed by atoms with E-state index in [2.05, 4.69) is 45.3 Å². The molecule has 34 heavy (non-hydrogen) atoms. The first kappa shape index (κ1) is 22.9. The van der Waals surface area contributed by atoms with Gasteiger partial charge >= 0.3 is 6.03 Å². The fourth-order valence-corrected chi connectivity index (χ4v) is 6.02. The van der Waals surface area contributed by atoms with Gasteiger partial charge < -0.3 is 15.1 Å². The Morgan fingerprint density at radius 2 is 1.76 bits per heavy atom. The van der Waals surface area contributed by atoms with Crippen molar-refractivity contribution < 1.29 is 9.59 Å². The summed E-state index contributed by atoms with van der Waals surface area (Å²) in [6.07, 6.45) is 8.61. The van der Waals surface area contributed by atoms with E-state index in [4.69, 9.17) is 0 Å². The number of aryl methyl sites for hydroxylation is 1. The smallest absolute Gasteiger partial charge is 0.344 e. The van der Waals surface area contributed by atoms with E-state index in [9.17, 15) is 9.59 Å². The molecule has 3 fully saturated rings. The van der Waals surface area contributed by atoms with Crippen molar-refractivity contribution in [2.24, 2.45) is 0 Å². The predicted molar refractivity (Wildman–Crippen MR) is 133 cm³/mol. The maximum atomic E-state index is 13.0. The number of likely N-dealkylation sites (tertiary alicyclic amines) is 2. The average molecular weight is 465 g/mol. The number of amides is 2. The van der Waals surface area contributed by atoms with Crippen molar-refractivity contribution in [1.82, 2.24) is 19.6 Å². The highest BCUT2D eigenvalue weighted by Crippen LogP contribution is 2.40. The molecule has 0 aliphatic carbocycles. The van der Waals surface area contributed by atoms with Crippen LogP contribution in [0.25, 0.3) is 0 Å². The molecule has 182 valence electrons. The molecule has 4 heterocycles. The van der Waals surface area contributed by atoms with Gasteiger partial charge in [0.25, 0.3) is 0 Å². The summed E-state index contributed by atoms with van der Waals surface area (Å²) < 4.78 is 1.34. The molecule has 8 nitrogen and oxygen atoms in total. The lowest BCUT2D eigenvalue weighted by Gasteiger charge is -2.45. The SMILES string of the molecule is CC(=O)Nc1ccn(C(=O)N2CCC3(CCCN3Cc3ccc(C)c(N4CCCC4)c3)CC2)n1. The average Bonchev–Trinajstić information content (AvgIpc) is 3.58. The zero-order chi connectivity index (χ0) is 23.7. The Kier molecular flexibility index (Phi) is 6.34. The first-order valence-electron chi connectivity index (χ1n) is 12.7. The van der Waals surface area contributed by atoms with Crippen molar-refractivity contribution >= 4 is 23.4 Å². The molecular weight excluding hydrogens is 428 g/mol. The van der Waals surface area contributed by atoms with Crippen molar-refractivity contribution in [1.29, 1.82) is 0 Å². The van der Waals surface area contributed by atoms with Crippen LogP contribution in [0.15, 0.2) is 30.5 Å². The highest BCUT2D eigenvalue weighted by Gasteiger charge is 2.43. The molecule has 1 spiro atoms. The molecule has 0 bridgehead atoms. The monoisotopic (exact) mass is 464 g/mol. The summed E-state index contributed by atoms with van der Waals surface area (Å²) in [6, 6.07) is 8.53. The number of rotatable bonds is 4. The van der Waals surface area contributed by atoms with E-state index < -0.39 is 0 Å². The fourth-order valence-electron chi connectivity index (χ4n) is 6.02. The number of nitrogens with one attached hydrogen (secondary N) is 1. The van der Waals surface area contributed by atoms with Gasteiger partial charge in [0, 0.05) is 63.1 Å². The van der Waals surface area contributed by atoms with E-state index in [0.717, 1.165) is 39.0 Å². The molecule has 0 radical (unpaired) electrons. The van der Waals surface area contributed by atoms with Crippen molar-refractivity contribution in [2.75, 3.05) is 42.9 Å². The standard InChI is InChI=1S/C26H36N6O2/c1-20-6-7-22(18-23(20)29-12-3-4-13-29)19-31-14-5-9-26(31)10-16-30(17-11-26)25(34)32-15-8-24(28-32)27-21(2)33/h6-8,15,18H,3-5,9-14,16-17,19H2,1-2H3,(H,27,28,33). The summed E-state index contributed by atoms with van der Waals surface area (Å²) in [7, 11) is 0. The van der Waals surface area contributed by atoms with Crippen LogP contribution in [-0.4, -0.2) is 69.8 Å². The number of carbonyl (C=O) groups excluding carboxylic acids is 2. The second-order valence-corrected chi connectivity index (χ2v) is 10.2. The topological polar surface area (TPSA) is 73.7 Å². The first-order chi connectivity index (χ1) is 16.4. The molecule has 3 aliphatic heterocycles. The van der Waals surface area contributed by atoms with E-state index in [-0.39, 0.29) is 17.5 Å². The highest BCUT2D eigenvalue weighted by molar-refractivity contribution is 5.88. The number of piperidine rings is 1. The van der Waals surface area contributed by atoms with E-state index in [1.165, 1.54) is 67.2 Å². The van der Waals surface area contributed by atoms with Crippen LogP contribution in [0, 0.1) is 6.92 Å². The van der Waals surface area contributed by atoms with Gasteiger partial charge in [-0.25, -0.2) is 4.79 Å². The lowest BCUT2D eigenvalue weighted by atomic mass is 9.84. The molecule has 3 aliphatic rings. The van der Waals surface area contributed by atoms with Gasteiger partial charge in [0.05, 0.1) is 0 Å². The van der Waals surface area contributed by atoms with Crippen molar-refractivity contribution in [2.45, 2.75) is 64.5 Å². The zero-order valence-electron chi connectivity index (χ0n) is 20.4. The van der Waals surface area contributed by atoms with Crippen molar-refractivity contribution in [3.63, 3.8) is 0 Å². The largest absolute Gasteiger partial charge is 0.371 e. The van der Waals surface area contributed by atoms with E-state index in [1.807, 2.05) is 4.90 Å². The van der Waals surface area contributed by atoms with Crippen LogP contribution in [0.2, 0.25) is 0 Å². The molecule has 1 aromatic carbocycles. The van der Waals surface area contributed by atoms with Crippen LogP contribution < -0.4 is 10.2 Å². The van der Waals surface area contributed by atoms with Crippen LogP contribution >= 0.6 is 0 Å². The molecule has 1 aromatic heterocycles. The third-order valence-electron chi connectivity index (χ3n) is 7.89. The minimum absolute atomic E-state index is 0.121. The van der Waals surface area contributed by atoms with Gasteiger partial charge in [0.1, 0.15) is 0 Å². The van der Waals surface area contributed by atoms with Crippen LogP contribution in [-0.2, 0) is 11.3 Å². The van der Waals surface area contributed by atoms with Crippen molar-refractivity contribution in [3.8, 4) is 0 Å².